The van der Waals surface area contributed by atoms with Gasteiger partial charge in [0.15, 0.2) is 0 Å². The van der Waals surface area contributed by atoms with Crippen molar-refractivity contribution in [1.29, 1.82) is 0 Å². The highest BCUT2D eigenvalue weighted by Crippen LogP contribution is 2.39. The molecule has 2 aromatic carbocycles. The van der Waals surface area contributed by atoms with Gasteiger partial charge in [-0.3, -0.25) is 0 Å². The Morgan fingerprint density at radius 1 is 1.06 bits per heavy atom. The summed E-state index contributed by atoms with van der Waals surface area (Å²) >= 11 is 0. The van der Waals surface area contributed by atoms with E-state index in [4.69, 9.17) is 0 Å². The summed E-state index contributed by atoms with van der Waals surface area (Å²) in [7, 11) is -0.226. The summed E-state index contributed by atoms with van der Waals surface area (Å²) in [5.74, 6) is 0. The average molecular weight is 474 g/mol. The maximum absolute atomic E-state index is 12.8. The first-order valence-electron chi connectivity index (χ1n) is 11.8. The number of aromatic nitrogens is 2. The third-order valence-electron chi connectivity index (χ3n) is 6.48. The van der Waals surface area contributed by atoms with Gasteiger partial charge in [0.2, 0.25) is 0 Å². The highest BCUT2D eigenvalue weighted by atomic mass is 31.2. The largest absolute Gasteiger partial charge is 0.381 e. The Bertz CT molecular complexity index is 1340. The lowest BCUT2D eigenvalue weighted by molar-refractivity contribution is 0.261. The highest BCUT2D eigenvalue weighted by Gasteiger charge is 2.18. The molecule has 3 heterocycles. The summed E-state index contributed by atoms with van der Waals surface area (Å²) in [6.45, 7) is 5.87. The van der Waals surface area contributed by atoms with Gasteiger partial charge in [-0.25, -0.2) is 4.98 Å². The number of nitrogens with zero attached hydrogens (tertiary/aromatic N) is 2. The van der Waals surface area contributed by atoms with Gasteiger partial charge in [0.25, 0.3) is 0 Å². The minimum Gasteiger partial charge on any atom is -0.381 e. The normalized spacial score (nSPS) is 17.1. The summed E-state index contributed by atoms with van der Waals surface area (Å²) < 4.78 is 12.8. The Balaban J connectivity index is 1.39. The fraction of sp³-hybridized carbons (Fsp3) is 0.296. The van der Waals surface area contributed by atoms with Crippen molar-refractivity contribution in [2.24, 2.45) is 0 Å². The zero-order valence-corrected chi connectivity index (χ0v) is 20.9. The number of anilines is 3. The smallest absolute Gasteiger partial charge is 0.139 e. The number of rotatable bonds is 6. The Kier molecular flexibility index (Phi) is 6.20. The van der Waals surface area contributed by atoms with Crippen molar-refractivity contribution in [2.75, 3.05) is 44.1 Å². The van der Waals surface area contributed by atoms with E-state index in [1.165, 1.54) is 19.4 Å². The van der Waals surface area contributed by atoms with Gasteiger partial charge in [-0.2, -0.15) is 0 Å². The van der Waals surface area contributed by atoms with Crippen molar-refractivity contribution in [3.63, 3.8) is 0 Å². The van der Waals surface area contributed by atoms with Crippen LogP contribution in [0.25, 0.3) is 22.3 Å². The van der Waals surface area contributed by atoms with Gasteiger partial charge in [0.1, 0.15) is 12.8 Å². The molecule has 0 saturated carbocycles. The van der Waals surface area contributed by atoms with Gasteiger partial charge in [0, 0.05) is 46.5 Å². The third kappa shape index (κ3) is 4.89. The number of aromatic amines is 1. The molecule has 0 amide bonds. The predicted molar refractivity (Wildman–Crippen MR) is 144 cm³/mol. The molecular formula is C27H32N5OP. The van der Waals surface area contributed by atoms with Crippen LogP contribution in [0.1, 0.15) is 12.8 Å². The van der Waals surface area contributed by atoms with Gasteiger partial charge in [-0.15, -0.1) is 0 Å². The molecule has 3 N–H and O–H groups in total. The van der Waals surface area contributed by atoms with Crippen LogP contribution >= 0.6 is 7.14 Å². The average Bonchev–Trinajstić information content (AvgIpc) is 3.25. The number of pyridine rings is 1. The first kappa shape index (κ1) is 22.7. The van der Waals surface area contributed by atoms with Crippen LogP contribution in [-0.2, 0) is 4.57 Å². The lowest BCUT2D eigenvalue weighted by Crippen LogP contribution is -2.39. The van der Waals surface area contributed by atoms with E-state index in [0.717, 1.165) is 51.2 Å². The molecule has 0 aliphatic carbocycles. The molecule has 0 unspecified atom stereocenters. The van der Waals surface area contributed by atoms with Crippen LogP contribution in [0.4, 0.5) is 17.1 Å². The monoisotopic (exact) mass is 473 g/mol. The van der Waals surface area contributed by atoms with Crippen LogP contribution in [0.2, 0.25) is 0 Å². The Morgan fingerprint density at radius 2 is 1.85 bits per heavy atom. The number of fused-ring (bicyclic) bond motifs is 1. The summed E-state index contributed by atoms with van der Waals surface area (Å²) in [6.07, 6.45) is 4.24. The van der Waals surface area contributed by atoms with Crippen molar-refractivity contribution in [2.45, 2.75) is 18.9 Å². The molecule has 2 aromatic heterocycles. The van der Waals surface area contributed by atoms with E-state index in [9.17, 15) is 4.57 Å². The maximum atomic E-state index is 12.8. The molecule has 0 spiro atoms. The number of para-hydroxylation sites is 1. The Morgan fingerprint density at radius 3 is 2.62 bits per heavy atom. The maximum Gasteiger partial charge on any atom is 0.139 e. The molecular weight excluding hydrogens is 441 g/mol. The molecule has 4 aromatic rings. The molecule has 34 heavy (non-hydrogen) atoms. The molecule has 176 valence electrons. The number of nitrogens with one attached hydrogen (secondary N) is 3. The van der Waals surface area contributed by atoms with Gasteiger partial charge >= 0.3 is 0 Å². The predicted octanol–water partition coefficient (Wildman–Crippen LogP) is 5.73. The van der Waals surface area contributed by atoms with Crippen molar-refractivity contribution in [3.8, 4) is 11.3 Å². The van der Waals surface area contributed by atoms with Crippen molar-refractivity contribution in [3.05, 3.63) is 66.9 Å². The van der Waals surface area contributed by atoms with Gasteiger partial charge in [0.05, 0.1) is 5.69 Å². The lowest BCUT2D eigenvalue weighted by Gasteiger charge is -2.30. The standard InChI is InChI=1S/C27H32N5OP/c1-32-16-6-7-21(18-32)29-20-12-10-19(11-13-20)25-17-22-23(14-15-28-27(22)31-25)30-24-8-4-5-9-26(24)34(2,3)33/h4-5,8-15,17,21,29H,6-7,16,18H2,1-3H3,(H2,28,30,31)/t21-/m0/s1. The number of likely N-dealkylation sites (tertiary alicyclic amines) is 1. The first-order valence-corrected chi connectivity index (χ1v) is 14.4. The van der Waals surface area contributed by atoms with Crippen molar-refractivity contribution in [1.82, 2.24) is 14.9 Å². The van der Waals surface area contributed by atoms with Crippen LogP contribution < -0.4 is 15.9 Å². The van der Waals surface area contributed by atoms with E-state index >= 15 is 0 Å². The molecule has 1 aliphatic heterocycles. The number of piperidine rings is 1. The molecule has 1 aliphatic rings. The summed E-state index contributed by atoms with van der Waals surface area (Å²) in [5, 5.41) is 9.02. The topological polar surface area (TPSA) is 73.0 Å². The fourth-order valence-electron chi connectivity index (χ4n) is 4.75. The molecule has 1 fully saturated rings. The molecule has 7 heteroatoms. The molecule has 6 nitrogen and oxygen atoms in total. The van der Waals surface area contributed by atoms with E-state index in [1.54, 1.807) is 19.5 Å². The number of H-pyrrole nitrogens is 1. The molecule has 5 rings (SSSR count). The summed E-state index contributed by atoms with van der Waals surface area (Å²) in [4.78, 5) is 10.4. The van der Waals surface area contributed by atoms with Gasteiger partial charge < -0.3 is 25.1 Å². The fourth-order valence-corrected chi connectivity index (χ4v) is 5.91. The number of likely N-dealkylation sites (N-methyl/N-ethyl adjacent to an activating group) is 1. The van der Waals surface area contributed by atoms with E-state index in [0.29, 0.717) is 6.04 Å². The molecule has 0 radical (unpaired) electrons. The van der Waals surface area contributed by atoms with E-state index < -0.39 is 7.14 Å². The Hall–Kier alpha value is -3.08. The SMILES string of the molecule is CN1CCC[C@H](Nc2ccc(-c3cc4c(Nc5ccccc5P(C)(C)=O)ccnc4[nH]3)cc2)C1. The second-order valence-electron chi connectivity index (χ2n) is 9.62. The molecule has 1 saturated heterocycles. The summed E-state index contributed by atoms with van der Waals surface area (Å²) in [6, 6.07) is 21.0. The van der Waals surface area contributed by atoms with Crippen LogP contribution in [-0.4, -0.2) is 54.4 Å². The van der Waals surface area contributed by atoms with Crippen molar-refractivity contribution < 1.29 is 4.57 Å². The molecule has 1 atom stereocenters. The van der Waals surface area contributed by atoms with E-state index in [2.05, 4.69) is 62.9 Å². The highest BCUT2D eigenvalue weighted by molar-refractivity contribution is 7.70. The first-order chi connectivity index (χ1) is 16.4. The van der Waals surface area contributed by atoms with Crippen molar-refractivity contribution >= 4 is 40.5 Å². The van der Waals surface area contributed by atoms with E-state index in [1.807, 2.05) is 30.3 Å². The number of hydrogen-bond donors (Lipinski definition) is 3. The second kappa shape index (κ2) is 9.28. The van der Waals surface area contributed by atoms with Crippen LogP contribution in [0, 0.1) is 0 Å². The zero-order valence-electron chi connectivity index (χ0n) is 20.0. The number of benzene rings is 2. The number of hydrogen-bond acceptors (Lipinski definition) is 5. The van der Waals surface area contributed by atoms with Gasteiger partial charge in [-0.05, 0) is 81.7 Å². The Labute approximate surface area is 201 Å². The van der Waals surface area contributed by atoms with Gasteiger partial charge in [-0.1, -0.05) is 24.3 Å². The van der Waals surface area contributed by atoms with Crippen LogP contribution in [0.15, 0.2) is 66.9 Å². The minimum atomic E-state index is -2.41. The van der Waals surface area contributed by atoms with Crippen LogP contribution in [0.5, 0.6) is 0 Å². The quantitative estimate of drug-likeness (QED) is 0.312. The zero-order chi connectivity index (χ0) is 23.7. The minimum absolute atomic E-state index is 0.500. The lowest BCUT2D eigenvalue weighted by atomic mass is 10.1. The van der Waals surface area contributed by atoms with Crippen LogP contribution in [0.3, 0.4) is 0 Å². The summed E-state index contributed by atoms with van der Waals surface area (Å²) in [5.41, 5.74) is 5.91. The third-order valence-corrected chi connectivity index (χ3v) is 8.03. The second-order valence-corrected chi connectivity index (χ2v) is 12.8. The molecule has 0 bridgehead atoms. The van der Waals surface area contributed by atoms with E-state index in [-0.39, 0.29) is 0 Å².